The number of rotatable bonds is 5. The molecule has 0 amide bonds. The van der Waals surface area contributed by atoms with Crippen LogP contribution in [0.5, 0.6) is 0 Å². The van der Waals surface area contributed by atoms with E-state index in [1.807, 2.05) is 0 Å². The summed E-state index contributed by atoms with van der Waals surface area (Å²) in [6.07, 6.45) is 6.75. The first-order valence-corrected chi connectivity index (χ1v) is 7.20. The van der Waals surface area contributed by atoms with Gasteiger partial charge in [-0.25, -0.2) is 0 Å². The van der Waals surface area contributed by atoms with Crippen molar-refractivity contribution in [1.82, 2.24) is 0 Å². The van der Waals surface area contributed by atoms with Gasteiger partial charge >= 0.3 is 89.4 Å². The van der Waals surface area contributed by atoms with Crippen LogP contribution in [0, 0.1) is 0 Å². The van der Waals surface area contributed by atoms with E-state index in [1.165, 1.54) is 35.5 Å². The molecule has 0 unspecified atom stereocenters. The topological polar surface area (TPSA) is 0 Å². The summed E-state index contributed by atoms with van der Waals surface area (Å²) in [6, 6.07) is 2.29. The first-order chi connectivity index (χ1) is 5.84. The quantitative estimate of drug-likeness (QED) is 0.574. The summed E-state index contributed by atoms with van der Waals surface area (Å²) in [6.45, 7) is 2.26. The van der Waals surface area contributed by atoms with Crippen molar-refractivity contribution in [3.05, 3.63) is 19.9 Å². The number of aryl methyl sites for hydroxylation is 1. The van der Waals surface area contributed by atoms with Gasteiger partial charge in [0.25, 0.3) is 0 Å². The van der Waals surface area contributed by atoms with Gasteiger partial charge in [0, 0.05) is 0 Å². The molecular weight excluding hydrogens is 279 g/mol. The van der Waals surface area contributed by atoms with Crippen molar-refractivity contribution in [2.24, 2.45) is 0 Å². The summed E-state index contributed by atoms with van der Waals surface area (Å²) in [5.41, 5.74) is 1.55. The van der Waals surface area contributed by atoms with E-state index in [4.69, 9.17) is 0 Å². The van der Waals surface area contributed by atoms with Crippen molar-refractivity contribution < 1.29 is 0 Å². The Hall–Kier alpha value is 0.479. The van der Waals surface area contributed by atoms with Crippen molar-refractivity contribution in [3.8, 4) is 0 Å². The molecule has 1 aromatic rings. The Labute approximate surface area is 89.2 Å². The first-order valence-electron chi connectivity index (χ1n) is 4.56. The molecule has 0 bridgehead atoms. The van der Waals surface area contributed by atoms with E-state index in [1.54, 1.807) is 5.56 Å². The molecule has 68 valence electrons. The molecule has 0 aliphatic rings. The van der Waals surface area contributed by atoms with Gasteiger partial charge in [-0.15, -0.1) is 0 Å². The molecule has 1 heterocycles. The van der Waals surface area contributed by atoms with Crippen LogP contribution >= 0.6 is 15.9 Å². The Bertz CT molecular complexity index is 217. The van der Waals surface area contributed by atoms with E-state index >= 15 is 0 Å². The number of unbranched alkanes of at least 4 members (excludes halogenated alkanes) is 3. The fraction of sp³-hybridized carbons (Fsp3) is 0.600. The molecule has 12 heavy (non-hydrogen) atoms. The second-order valence-electron chi connectivity index (χ2n) is 3.03. The zero-order chi connectivity index (χ0) is 8.81. The van der Waals surface area contributed by atoms with Crippen molar-refractivity contribution >= 4 is 30.4 Å². The van der Waals surface area contributed by atoms with Crippen molar-refractivity contribution in [2.75, 3.05) is 0 Å². The van der Waals surface area contributed by atoms with Crippen molar-refractivity contribution in [3.63, 3.8) is 0 Å². The van der Waals surface area contributed by atoms with Crippen molar-refractivity contribution in [1.29, 1.82) is 0 Å². The summed E-state index contributed by atoms with van der Waals surface area (Å²) in [5, 5.41) is 0. The molecule has 0 aliphatic heterocycles. The van der Waals surface area contributed by atoms with E-state index in [2.05, 4.69) is 33.9 Å². The molecule has 0 aliphatic carbocycles. The maximum atomic E-state index is 3.62. The predicted octanol–water partition coefficient (Wildman–Crippen LogP) is 3.63. The summed E-state index contributed by atoms with van der Waals surface area (Å²) in [7, 11) is 0. The molecule has 0 radical (unpaired) electrons. The van der Waals surface area contributed by atoms with Crippen LogP contribution < -0.4 is 0 Å². The fourth-order valence-electron chi connectivity index (χ4n) is 1.24. The molecule has 0 saturated carbocycles. The monoisotopic (exact) mass is 294 g/mol. The van der Waals surface area contributed by atoms with Crippen molar-refractivity contribution in [2.45, 2.75) is 39.0 Å². The van der Waals surface area contributed by atoms with Gasteiger partial charge in [0.1, 0.15) is 0 Å². The molecule has 0 fully saturated rings. The second-order valence-corrected chi connectivity index (χ2v) is 6.93. The van der Waals surface area contributed by atoms with Crippen LogP contribution in [-0.4, -0.2) is 14.5 Å². The number of halogens is 1. The van der Waals surface area contributed by atoms with Gasteiger partial charge in [0.2, 0.25) is 0 Å². The first kappa shape index (κ1) is 10.6. The molecule has 0 aromatic carbocycles. The maximum absolute atomic E-state index is 3.62. The Balaban J connectivity index is 2.20. The molecule has 1 rings (SSSR count). The Morgan fingerprint density at radius 3 is 2.75 bits per heavy atom. The van der Waals surface area contributed by atoms with Crippen LogP contribution in [0.2, 0.25) is 0 Å². The summed E-state index contributed by atoms with van der Waals surface area (Å²) in [4.78, 5) is 2.30. The minimum absolute atomic E-state index is 0.611. The number of hydrogen-bond acceptors (Lipinski definition) is 0. The summed E-state index contributed by atoms with van der Waals surface area (Å²) < 4.78 is 1.46. The third kappa shape index (κ3) is 3.47. The molecule has 2 heteroatoms. The Kier molecular flexibility index (Phi) is 5.29. The van der Waals surface area contributed by atoms with Gasteiger partial charge in [-0.1, -0.05) is 0 Å². The molecule has 0 N–H and O–H groups in total. The van der Waals surface area contributed by atoms with Gasteiger partial charge < -0.3 is 0 Å². The average molecular weight is 294 g/mol. The SMILES string of the molecule is CCCCCCc1cc[se]c1Br. The Morgan fingerprint density at radius 1 is 1.33 bits per heavy atom. The van der Waals surface area contributed by atoms with Gasteiger partial charge in [-0.3, -0.25) is 0 Å². The van der Waals surface area contributed by atoms with Gasteiger partial charge in [-0.2, -0.15) is 0 Å². The molecule has 0 atom stereocenters. The van der Waals surface area contributed by atoms with Crippen LogP contribution in [0.3, 0.4) is 0 Å². The third-order valence-electron chi connectivity index (χ3n) is 1.99. The van der Waals surface area contributed by atoms with E-state index in [-0.39, 0.29) is 0 Å². The number of hydrogen-bond donors (Lipinski definition) is 0. The van der Waals surface area contributed by atoms with Gasteiger partial charge in [0.05, 0.1) is 0 Å². The zero-order valence-corrected chi connectivity index (χ0v) is 10.8. The Morgan fingerprint density at radius 2 is 2.17 bits per heavy atom. The summed E-state index contributed by atoms with van der Waals surface area (Å²) in [5.74, 6) is 0. The van der Waals surface area contributed by atoms with E-state index in [0.29, 0.717) is 14.5 Å². The van der Waals surface area contributed by atoms with Gasteiger partial charge in [-0.05, 0) is 0 Å². The van der Waals surface area contributed by atoms with Gasteiger partial charge in [0.15, 0.2) is 0 Å². The van der Waals surface area contributed by atoms with E-state index in [9.17, 15) is 0 Å². The van der Waals surface area contributed by atoms with Crippen LogP contribution in [0.25, 0.3) is 0 Å². The average Bonchev–Trinajstić information content (AvgIpc) is 2.46. The molecule has 0 nitrogen and oxygen atoms in total. The normalized spacial score (nSPS) is 10.5. The van der Waals surface area contributed by atoms with Crippen LogP contribution in [0.4, 0.5) is 0 Å². The van der Waals surface area contributed by atoms with Crippen LogP contribution in [0.1, 0.15) is 38.2 Å². The zero-order valence-electron chi connectivity index (χ0n) is 7.48. The van der Waals surface area contributed by atoms with E-state index in [0.717, 1.165) is 0 Å². The third-order valence-corrected chi connectivity index (χ3v) is 5.03. The van der Waals surface area contributed by atoms with E-state index < -0.39 is 0 Å². The molecule has 1 aromatic heterocycles. The fourth-order valence-corrected chi connectivity index (χ4v) is 3.54. The van der Waals surface area contributed by atoms with Crippen LogP contribution in [0.15, 0.2) is 14.4 Å². The molecular formula is C10H15BrSe. The second kappa shape index (κ2) is 6.01. The predicted molar refractivity (Wildman–Crippen MR) is 58.9 cm³/mol. The summed E-state index contributed by atoms with van der Waals surface area (Å²) >= 11 is 4.23. The minimum atomic E-state index is 0.611. The molecule has 0 saturated heterocycles. The molecule has 0 spiro atoms. The standard InChI is InChI=1S/C10H15BrSe/c1-2-3-4-5-6-9-7-8-12-10(9)11/h7-8H,2-6H2,1H3. The van der Waals surface area contributed by atoms with Crippen LogP contribution in [-0.2, 0) is 6.42 Å².